The molecule has 1 N–H and O–H groups in total. The van der Waals surface area contributed by atoms with Gasteiger partial charge in [-0.25, -0.2) is 0 Å². The van der Waals surface area contributed by atoms with Crippen molar-refractivity contribution in [2.24, 2.45) is 5.92 Å². The summed E-state index contributed by atoms with van der Waals surface area (Å²) in [5.74, 6) is -1.47. The number of piperidine rings is 1. The average Bonchev–Trinajstić information content (AvgIpc) is 2.47. The minimum absolute atomic E-state index is 0.00687. The van der Waals surface area contributed by atoms with E-state index in [1.165, 1.54) is 4.90 Å². The number of nitrogens with zero attached hydrogens (tertiary/aromatic N) is 1. The van der Waals surface area contributed by atoms with Crippen LogP contribution in [0, 0.1) is 5.92 Å². The third-order valence-electron chi connectivity index (χ3n) is 3.83. The van der Waals surface area contributed by atoms with E-state index in [9.17, 15) is 18.0 Å². The number of likely N-dealkylation sites (tertiary alicyclic amines) is 1. The van der Waals surface area contributed by atoms with Crippen molar-refractivity contribution in [3.8, 4) is 0 Å². The number of carbonyl (C=O) groups excluding carboxylic acids is 1. The zero-order valence-corrected chi connectivity index (χ0v) is 11.9. The molecule has 0 aromatic heterocycles. The molecule has 1 aliphatic heterocycles. The molecule has 1 aromatic rings. The lowest BCUT2D eigenvalue weighted by Gasteiger charge is -2.33. The summed E-state index contributed by atoms with van der Waals surface area (Å²) in [6.45, 7) is 1.05. The van der Waals surface area contributed by atoms with Gasteiger partial charge >= 0.3 is 6.18 Å². The van der Waals surface area contributed by atoms with Crippen LogP contribution in [0.5, 0.6) is 0 Å². The zero-order valence-electron chi connectivity index (χ0n) is 11.9. The smallest absolute Gasteiger partial charge is 0.339 e. The Labute approximate surface area is 122 Å². The van der Waals surface area contributed by atoms with Crippen LogP contribution in [0.4, 0.5) is 13.2 Å². The third kappa shape index (κ3) is 3.97. The van der Waals surface area contributed by atoms with E-state index in [1.807, 2.05) is 19.2 Å². The lowest BCUT2D eigenvalue weighted by Crippen LogP contribution is -2.42. The van der Waals surface area contributed by atoms with Gasteiger partial charge < -0.3 is 10.2 Å². The number of rotatable bonds is 3. The van der Waals surface area contributed by atoms with E-state index in [1.54, 1.807) is 12.1 Å². The van der Waals surface area contributed by atoms with Crippen LogP contribution in [-0.2, 0) is 6.54 Å². The highest BCUT2D eigenvalue weighted by molar-refractivity contribution is 5.94. The first kappa shape index (κ1) is 15.8. The molecule has 1 aliphatic rings. The topological polar surface area (TPSA) is 32.3 Å². The zero-order chi connectivity index (χ0) is 15.5. The van der Waals surface area contributed by atoms with Crippen LogP contribution >= 0.6 is 0 Å². The van der Waals surface area contributed by atoms with Gasteiger partial charge in [0.05, 0.1) is 5.92 Å². The molecule has 0 spiro atoms. The van der Waals surface area contributed by atoms with Gasteiger partial charge in [0.1, 0.15) is 0 Å². The van der Waals surface area contributed by atoms with Gasteiger partial charge in [-0.1, -0.05) is 12.1 Å². The SMILES string of the molecule is CNCc1ccc(C(=O)N2CCC(C(F)(F)F)CC2)cc1. The van der Waals surface area contributed by atoms with Crippen LogP contribution in [0.2, 0.25) is 0 Å². The first-order chi connectivity index (χ1) is 9.91. The van der Waals surface area contributed by atoms with Crippen LogP contribution in [-0.4, -0.2) is 37.1 Å². The summed E-state index contributed by atoms with van der Waals surface area (Å²) >= 11 is 0. The highest BCUT2D eigenvalue weighted by Gasteiger charge is 2.41. The molecule has 116 valence electrons. The minimum Gasteiger partial charge on any atom is -0.339 e. The van der Waals surface area contributed by atoms with Gasteiger partial charge in [0.25, 0.3) is 5.91 Å². The fourth-order valence-corrected chi connectivity index (χ4v) is 2.56. The number of carbonyl (C=O) groups is 1. The molecule has 1 heterocycles. The van der Waals surface area contributed by atoms with Crippen molar-refractivity contribution in [3.63, 3.8) is 0 Å². The maximum absolute atomic E-state index is 12.6. The van der Waals surface area contributed by atoms with E-state index in [-0.39, 0.29) is 31.8 Å². The van der Waals surface area contributed by atoms with Crippen molar-refractivity contribution in [3.05, 3.63) is 35.4 Å². The van der Waals surface area contributed by atoms with E-state index in [2.05, 4.69) is 5.32 Å². The Hall–Kier alpha value is -1.56. The second-order valence-corrected chi connectivity index (χ2v) is 5.34. The van der Waals surface area contributed by atoms with Gasteiger partial charge in [-0.05, 0) is 37.6 Å². The number of nitrogens with one attached hydrogen (secondary N) is 1. The van der Waals surface area contributed by atoms with Crippen LogP contribution in [0.1, 0.15) is 28.8 Å². The largest absolute Gasteiger partial charge is 0.391 e. The second-order valence-electron chi connectivity index (χ2n) is 5.34. The standard InChI is InChI=1S/C15H19F3N2O/c1-19-10-11-2-4-12(5-3-11)14(21)20-8-6-13(7-9-20)15(16,17)18/h2-5,13,19H,6-10H2,1H3. The Morgan fingerprint density at radius 2 is 1.81 bits per heavy atom. The molecule has 2 rings (SSSR count). The van der Waals surface area contributed by atoms with Crippen LogP contribution in [0.15, 0.2) is 24.3 Å². The lowest BCUT2D eigenvalue weighted by molar-refractivity contribution is -0.183. The maximum atomic E-state index is 12.6. The first-order valence-electron chi connectivity index (χ1n) is 7.01. The number of benzene rings is 1. The Bertz CT molecular complexity index is 477. The Balaban J connectivity index is 1.95. The summed E-state index contributed by atoms with van der Waals surface area (Å²) in [4.78, 5) is 13.8. The molecule has 21 heavy (non-hydrogen) atoms. The molecule has 0 aliphatic carbocycles. The van der Waals surface area contributed by atoms with Crippen molar-refractivity contribution in [2.45, 2.75) is 25.6 Å². The Morgan fingerprint density at radius 1 is 1.24 bits per heavy atom. The fraction of sp³-hybridized carbons (Fsp3) is 0.533. The molecule has 0 bridgehead atoms. The molecule has 3 nitrogen and oxygen atoms in total. The van der Waals surface area contributed by atoms with Gasteiger partial charge in [-0.2, -0.15) is 13.2 Å². The summed E-state index contributed by atoms with van der Waals surface area (Å²) in [7, 11) is 1.84. The van der Waals surface area contributed by atoms with Crippen molar-refractivity contribution in [1.82, 2.24) is 10.2 Å². The molecule has 0 saturated carbocycles. The monoisotopic (exact) mass is 300 g/mol. The summed E-state index contributed by atoms with van der Waals surface area (Å²) in [5.41, 5.74) is 1.59. The minimum atomic E-state index is -4.15. The Morgan fingerprint density at radius 3 is 2.29 bits per heavy atom. The molecule has 1 saturated heterocycles. The molecule has 1 amide bonds. The first-order valence-corrected chi connectivity index (χ1v) is 7.01. The molecular formula is C15H19F3N2O. The summed E-state index contributed by atoms with van der Waals surface area (Å²) in [6, 6.07) is 7.16. The van der Waals surface area contributed by atoms with E-state index >= 15 is 0 Å². The highest BCUT2D eigenvalue weighted by atomic mass is 19.4. The fourth-order valence-electron chi connectivity index (χ4n) is 2.56. The summed E-state index contributed by atoms with van der Waals surface area (Å²) in [6.07, 6.45) is -4.16. The van der Waals surface area contributed by atoms with Gasteiger partial charge in [0.2, 0.25) is 0 Å². The summed E-state index contributed by atoms with van der Waals surface area (Å²) in [5, 5.41) is 3.01. The van der Waals surface area contributed by atoms with Crippen LogP contribution in [0.25, 0.3) is 0 Å². The van der Waals surface area contributed by atoms with Crippen LogP contribution in [0.3, 0.4) is 0 Å². The molecule has 1 fully saturated rings. The molecule has 0 atom stereocenters. The van der Waals surface area contributed by atoms with Gasteiger partial charge in [0.15, 0.2) is 0 Å². The van der Waals surface area contributed by atoms with Gasteiger partial charge in [-0.3, -0.25) is 4.79 Å². The number of halogens is 3. The van der Waals surface area contributed by atoms with Gasteiger partial charge in [-0.15, -0.1) is 0 Å². The van der Waals surface area contributed by atoms with E-state index in [0.717, 1.165) is 5.56 Å². The van der Waals surface area contributed by atoms with Gasteiger partial charge in [0, 0.05) is 25.2 Å². The number of alkyl halides is 3. The average molecular weight is 300 g/mol. The molecule has 1 aromatic carbocycles. The van der Waals surface area contributed by atoms with Crippen molar-refractivity contribution < 1.29 is 18.0 Å². The molecule has 0 radical (unpaired) electrons. The van der Waals surface area contributed by atoms with E-state index < -0.39 is 12.1 Å². The van der Waals surface area contributed by atoms with Crippen molar-refractivity contribution in [2.75, 3.05) is 20.1 Å². The normalized spacial score (nSPS) is 17.0. The molecule has 0 unspecified atom stereocenters. The predicted octanol–water partition coefficient (Wildman–Crippen LogP) is 2.82. The van der Waals surface area contributed by atoms with E-state index in [4.69, 9.17) is 0 Å². The number of hydrogen-bond acceptors (Lipinski definition) is 2. The van der Waals surface area contributed by atoms with Crippen molar-refractivity contribution in [1.29, 1.82) is 0 Å². The Kier molecular flexibility index (Phi) is 4.88. The molecule has 6 heteroatoms. The van der Waals surface area contributed by atoms with Crippen molar-refractivity contribution >= 4 is 5.91 Å². The molecular weight excluding hydrogens is 281 g/mol. The number of hydrogen-bond donors (Lipinski definition) is 1. The highest BCUT2D eigenvalue weighted by Crippen LogP contribution is 2.34. The summed E-state index contributed by atoms with van der Waals surface area (Å²) < 4.78 is 37.8. The quantitative estimate of drug-likeness (QED) is 0.931. The van der Waals surface area contributed by atoms with E-state index in [0.29, 0.717) is 12.1 Å². The van der Waals surface area contributed by atoms with Crippen LogP contribution < -0.4 is 5.32 Å². The predicted molar refractivity (Wildman–Crippen MR) is 73.9 cm³/mol. The maximum Gasteiger partial charge on any atom is 0.391 e. The second kappa shape index (κ2) is 6.47. The number of amides is 1. The lowest BCUT2D eigenvalue weighted by atomic mass is 9.96. The third-order valence-corrected chi connectivity index (χ3v) is 3.83.